The van der Waals surface area contributed by atoms with Gasteiger partial charge in [-0.15, -0.1) is 22.7 Å². The first kappa shape index (κ1) is 20.7. The lowest BCUT2D eigenvalue weighted by Crippen LogP contribution is -2.16. The quantitative estimate of drug-likeness (QED) is 0.428. The maximum atomic E-state index is 13.0. The Kier molecular flexibility index (Phi) is 5.89. The number of hydrogen-bond donors (Lipinski definition) is 1. The highest BCUT2D eigenvalue weighted by Gasteiger charge is 2.30. The van der Waals surface area contributed by atoms with E-state index in [1.54, 1.807) is 6.07 Å². The van der Waals surface area contributed by atoms with Gasteiger partial charge in [0.2, 0.25) is 0 Å². The highest BCUT2D eigenvalue weighted by Crippen LogP contribution is 2.43. The second kappa shape index (κ2) is 8.26. The number of hydrogen-bond acceptors (Lipinski definition) is 5. The number of methoxy groups -OCH3 is 1. The number of ether oxygens (including phenoxy) is 1. The lowest BCUT2D eigenvalue weighted by molar-refractivity contribution is 0.0601. The van der Waals surface area contributed by atoms with Gasteiger partial charge < -0.3 is 10.1 Å². The van der Waals surface area contributed by atoms with Crippen LogP contribution in [0.1, 0.15) is 50.2 Å². The van der Waals surface area contributed by atoms with E-state index in [0.29, 0.717) is 36.8 Å². The second-order valence-corrected chi connectivity index (χ2v) is 9.97. The fraction of sp³-hybridized carbons (Fsp3) is 0.333. The van der Waals surface area contributed by atoms with Crippen molar-refractivity contribution in [1.29, 1.82) is 0 Å². The average Bonchev–Trinajstić information content (AvgIpc) is 3.24. The number of rotatable bonds is 4. The summed E-state index contributed by atoms with van der Waals surface area (Å²) < 4.78 is 5.85. The molecule has 0 unspecified atom stereocenters. The molecule has 2 aromatic heterocycles. The van der Waals surface area contributed by atoms with E-state index in [0.717, 1.165) is 40.8 Å². The van der Waals surface area contributed by atoms with Gasteiger partial charge in [-0.2, -0.15) is 0 Å². The first-order valence-electron chi connectivity index (χ1n) is 9.35. The molecule has 152 valence electrons. The average molecular weight is 468 g/mol. The molecular weight excluding hydrogens is 449 g/mol. The minimum atomic E-state index is -0.418. The van der Waals surface area contributed by atoms with Gasteiger partial charge in [-0.25, -0.2) is 4.79 Å². The molecule has 0 bridgehead atoms. The number of carbonyl (C=O) groups is 2. The molecule has 0 radical (unpaired) electrons. The van der Waals surface area contributed by atoms with Crippen LogP contribution < -0.4 is 5.32 Å². The molecule has 2 heterocycles. The molecule has 0 saturated heterocycles. The zero-order valence-corrected chi connectivity index (χ0v) is 19.1. The summed E-state index contributed by atoms with van der Waals surface area (Å²) in [5.74, 6) is -0.157. The Morgan fingerprint density at radius 3 is 2.76 bits per heavy atom. The summed E-state index contributed by atoms with van der Waals surface area (Å²) in [6.45, 7) is 2.18. The van der Waals surface area contributed by atoms with Crippen molar-refractivity contribution >= 4 is 72.8 Å². The molecule has 0 saturated carbocycles. The number of esters is 1. The highest BCUT2D eigenvalue weighted by molar-refractivity contribution is 7.22. The Bertz CT molecular complexity index is 1120. The third-order valence-corrected chi connectivity index (χ3v) is 8.50. The third kappa shape index (κ3) is 3.67. The highest BCUT2D eigenvalue weighted by atomic mass is 35.5. The number of fused-ring (bicyclic) bond motifs is 2. The molecule has 29 heavy (non-hydrogen) atoms. The zero-order valence-electron chi connectivity index (χ0n) is 15.9. The zero-order chi connectivity index (χ0) is 20.7. The van der Waals surface area contributed by atoms with E-state index in [4.69, 9.17) is 27.9 Å². The minimum Gasteiger partial charge on any atom is -0.465 e. The van der Waals surface area contributed by atoms with E-state index in [2.05, 4.69) is 12.2 Å². The third-order valence-electron chi connectivity index (χ3n) is 5.37. The summed E-state index contributed by atoms with van der Waals surface area (Å²) in [5, 5.41) is 4.96. The fourth-order valence-corrected chi connectivity index (χ4v) is 6.98. The molecule has 1 aliphatic carbocycles. The van der Waals surface area contributed by atoms with Crippen molar-refractivity contribution in [1.82, 2.24) is 0 Å². The predicted molar refractivity (Wildman–Crippen MR) is 121 cm³/mol. The van der Waals surface area contributed by atoms with Crippen LogP contribution in [0.15, 0.2) is 18.2 Å². The summed E-state index contributed by atoms with van der Waals surface area (Å²) in [6, 6.07) is 5.45. The van der Waals surface area contributed by atoms with Crippen molar-refractivity contribution in [3.63, 3.8) is 0 Å². The van der Waals surface area contributed by atoms with Crippen LogP contribution in [0.5, 0.6) is 0 Å². The number of benzene rings is 1. The van der Waals surface area contributed by atoms with Crippen molar-refractivity contribution < 1.29 is 14.3 Å². The Hall–Kier alpha value is -1.60. The van der Waals surface area contributed by atoms with Crippen molar-refractivity contribution in [2.24, 2.45) is 5.92 Å². The van der Waals surface area contributed by atoms with Crippen molar-refractivity contribution in [2.75, 3.05) is 12.4 Å². The molecule has 3 aromatic rings. The van der Waals surface area contributed by atoms with E-state index >= 15 is 0 Å². The number of carbonyl (C=O) groups excluding carboxylic acids is 2. The maximum Gasteiger partial charge on any atom is 0.341 e. The molecule has 8 heteroatoms. The normalized spacial score (nSPS) is 15.9. The number of halogens is 2. The standard InChI is InChI=1S/C21H19Cl2NO3S2/c1-3-10-7-8-11-14(9-10)29-20(15(11)21(26)27-2)24-19(25)18-17(23)16-12(22)5-4-6-13(16)28-18/h4-6,10H,3,7-9H2,1-2H3,(H,24,25)/t10-/m1/s1. The lowest BCUT2D eigenvalue weighted by Gasteiger charge is -2.20. The van der Waals surface area contributed by atoms with Crippen molar-refractivity contribution in [2.45, 2.75) is 32.6 Å². The van der Waals surface area contributed by atoms with Crippen LogP contribution in [0.2, 0.25) is 10.0 Å². The second-order valence-electron chi connectivity index (χ2n) is 7.03. The summed E-state index contributed by atoms with van der Waals surface area (Å²) in [5.41, 5.74) is 1.48. The molecule has 4 nitrogen and oxygen atoms in total. The maximum absolute atomic E-state index is 13.0. The van der Waals surface area contributed by atoms with E-state index in [1.807, 2.05) is 12.1 Å². The predicted octanol–water partition coefficient (Wildman–Crippen LogP) is 6.82. The molecule has 1 N–H and O–H groups in total. The molecule has 1 aliphatic rings. The molecule has 1 atom stereocenters. The number of thiophene rings is 2. The smallest absolute Gasteiger partial charge is 0.341 e. The first-order chi connectivity index (χ1) is 13.9. The van der Waals surface area contributed by atoms with Gasteiger partial charge in [0.05, 0.1) is 22.7 Å². The molecular formula is C21H19Cl2NO3S2. The van der Waals surface area contributed by atoms with E-state index < -0.39 is 5.97 Å². The molecule has 0 spiro atoms. The van der Waals surface area contributed by atoms with Gasteiger partial charge in [0.15, 0.2) is 0 Å². The Balaban J connectivity index is 1.72. The van der Waals surface area contributed by atoms with E-state index in [-0.39, 0.29) is 5.91 Å². The van der Waals surface area contributed by atoms with Crippen LogP contribution in [0.3, 0.4) is 0 Å². The fourth-order valence-electron chi connectivity index (χ4n) is 3.79. The SMILES string of the molecule is CC[C@@H]1CCc2c(sc(NC(=O)c3sc4cccc(Cl)c4c3Cl)c2C(=O)OC)C1. The van der Waals surface area contributed by atoms with E-state index in [1.165, 1.54) is 29.8 Å². The lowest BCUT2D eigenvalue weighted by atomic mass is 9.86. The van der Waals surface area contributed by atoms with Gasteiger partial charge in [0, 0.05) is 15.0 Å². The molecule has 0 aliphatic heterocycles. The van der Waals surface area contributed by atoms with Crippen LogP contribution in [-0.2, 0) is 17.6 Å². The minimum absolute atomic E-state index is 0.333. The van der Waals surface area contributed by atoms with Gasteiger partial charge >= 0.3 is 5.97 Å². The summed E-state index contributed by atoms with van der Waals surface area (Å²) in [7, 11) is 1.36. The summed E-state index contributed by atoms with van der Waals surface area (Å²) in [6.07, 6.45) is 3.89. The monoisotopic (exact) mass is 467 g/mol. The van der Waals surface area contributed by atoms with Crippen LogP contribution >= 0.6 is 45.9 Å². The Labute approximate surface area is 186 Å². The van der Waals surface area contributed by atoms with Crippen LogP contribution in [-0.4, -0.2) is 19.0 Å². The van der Waals surface area contributed by atoms with Gasteiger partial charge in [-0.3, -0.25) is 4.79 Å². The molecule has 1 aromatic carbocycles. The summed E-state index contributed by atoms with van der Waals surface area (Å²) >= 11 is 15.5. The van der Waals surface area contributed by atoms with Crippen LogP contribution in [0.25, 0.3) is 10.1 Å². The van der Waals surface area contributed by atoms with Gasteiger partial charge in [0.1, 0.15) is 9.88 Å². The van der Waals surface area contributed by atoms with Crippen molar-refractivity contribution in [3.05, 3.63) is 49.1 Å². The molecule has 4 rings (SSSR count). The van der Waals surface area contributed by atoms with Gasteiger partial charge in [0.25, 0.3) is 5.91 Å². The summed E-state index contributed by atoms with van der Waals surface area (Å²) in [4.78, 5) is 27.1. The number of nitrogens with one attached hydrogen (secondary N) is 1. The Morgan fingerprint density at radius 1 is 1.28 bits per heavy atom. The Morgan fingerprint density at radius 2 is 2.07 bits per heavy atom. The number of anilines is 1. The van der Waals surface area contributed by atoms with E-state index in [9.17, 15) is 9.59 Å². The molecule has 1 amide bonds. The topological polar surface area (TPSA) is 55.4 Å². The number of amides is 1. The van der Waals surface area contributed by atoms with Gasteiger partial charge in [-0.05, 0) is 42.9 Å². The largest absolute Gasteiger partial charge is 0.465 e. The first-order valence-corrected chi connectivity index (χ1v) is 11.7. The van der Waals surface area contributed by atoms with Crippen molar-refractivity contribution in [3.8, 4) is 0 Å². The van der Waals surface area contributed by atoms with Crippen LogP contribution in [0.4, 0.5) is 5.00 Å². The van der Waals surface area contributed by atoms with Gasteiger partial charge in [-0.1, -0.05) is 42.6 Å². The molecule has 0 fully saturated rings. The van der Waals surface area contributed by atoms with Crippen LogP contribution in [0, 0.1) is 5.92 Å².